The molecule has 4 heteroatoms. The minimum atomic E-state index is 0.281. The number of benzene rings is 1. The molecule has 0 radical (unpaired) electrons. The highest BCUT2D eigenvalue weighted by Gasteiger charge is 2.02. The van der Waals surface area contributed by atoms with Crippen molar-refractivity contribution >= 4 is 17.4 Å². The van der Waals surface area contributed by atoms with E-state index in [1.807, 2.05) is 12.1 Å². The second kappa shape index (κ2) is 3.97. The number of hydrogen-bond acceptors (Lipinski definition) is 2. The molecule has 0 aromatic heterocycles. The summed E-state index contributed by atoms with van der Waals surface area (Å²) in [5.41, 5.74) is 6.23. The Morgan fingerprint density at radius 1 is 1.50 bits per heavy atom. The summed E-state index contributed by atoms with van der Waals surface area (Å²) in [4.78, 5) is 4.52. The Bertz CT molecular complexity index is 299. The van der Waals surface area contributed by atoms with Gasteiger partial charge < -0.3 is 10.6 Å². The molecule has 0 atom stereocenters. The number of halogens is 1. The summed E-state index contributed by atoms with van der Waals surface area (Å²) in [7, 11) is 1.43. The zero-order valence-corrected chi connectivity index (χ0v) is 7.38. The molecule has 0 aliphatic heterocycles. The maximum Gasteiger partial charge on any atom is 0.171 e. The highest BCUT2D eigenvalue weighted by molar-refractivity contribution is 6.34. The van der Waals surface area contributed by atoms with Gasteiger partial charge in [0, 0.05) is 5.56 Å². The van der Waals surface area contributed by atoms with E-state index in [1.54, 1.807) is 12.1 Å². The van der Waals surface area contributed by atoms with Gasteiger partial charge in [0.25, 0.3) is 0 Å². The molecule has 1 aromatic carbocycles. The lowest BCUT2D eigenvalue weighted by atomic mass is 10.2. The fourth-order valence-electron chi connectivity index (χ4n) is 0.816. The van der Waals surface area contributed by atoms with E-state index in [2.05, 4.69) is 9.99 Å². The topological polar surface area (TPSA) is 47.6 Å². The van der Waals surface area contributed by atoms with Gasteiger partial charge in [-0.15, -0.1) is 0 Å². The van der Waals surface area contributed by atoms with E-state index in [1.165, 1.54) is 7.11 Å². The highest BCUT2D eigenvalue weighted by Crippen LogP contribution is 2.13. The van der Waals surface area contributed by atoms with E-state index in [0.29, 0.717) is 10.6 Å². The van der Waals surface area contributed by atoms with Crippen molar-refractivity contribution in [1.82, 2.24) is 0 Å². The molecule has 12 heavy (non-hydrogen) atoms. The van der Waals surface area contributed by atoms with Crippen molar-refractivity contribution in [1.29, 1.82) is 0 Å². The van der Waals surface area contributed by atoms with Gasteiger partial charge in [-0.2, -0.15) is 0 Å². The van der Waals surface area contributed by atoms with Crippen LogP contribution in [0.2, 0.25) is 5.02 Å². The molecule has 0 heterocycles. The molecule has 0 saturated heterocycles. The molecule has 0 aliphatic rings. The van der Waals surface area contributed by atoms with E-state index in [4.69, 9.17) is 17.3 Å². The number of oxime groups is 1. The molecule has 64 valence electrons. The average molecular weight is 185 g/mol. The highest BCUT2D eigenvalue weighted by atomic mass is 35.5. The van der Waals surface area contributed by atoms with Crippen molar-refractivity contribution in [2.75, 3.05) is 7.11 Å². The smallest absolute Gasteiger partial charge is 0.171 e. The molecular formula is C8H9ClN2O. The Labute approximate surface area is 75.8 Å². The largest absolute Gasteiger partial charge is 0.397 e. The average Bonchev–Trinajstić information content (AvgIpc) is 2.05. The minimum Gasteiger partial charge on any atom is -0.397 e. The molecule has 1 rings (SSSR count). The third kappa shape index (κ3) is 1.89. The van der Waals surface area contributed by atoms with Crippen LogP contribution in [0.15, 0.2) is 29.4 Å². The molecule has 0 unspecified atom stereocenters. The van der Waals surface area contributed by atoms with Crippen molar-refractivity contribution in [3.8, 4) is 0 Å². The number of amidine groups is 1. The first kappa shape index (κ1) is 8.87. The Morgan fingerprint density at radius 3 is 2.75 bits per heavy atom. The third-order valence-corrected chi connectivity index (χ3v) is 1.67. The summed E-state index contributed by atoms with van der Waals surface area (Å²) in [6.45, 7) is 0. The second-order valence-electron chi connectivity index (χ2n) is 2.14. The number of nitrogens with zero attached hydrogens (tertiary/aromatic N) is 1. The summed E-state index contributed by atoms with van der Waals surface area (Å²) in [6.07, 6.45) is 0. The van der Waals surface area contributed by atoms with Crippen LogP contribution in [0.3, 0.4) is 0 Å². The van der Waals surface area contributed by atoms with E-state index >= 15 is 0 Å². The van der Waals surface area contributed by atoms with E-state index in [9.17, 15) is 0 Å². The van der Waals surface area contributed by atoms with Crippen molar-refractivity contribution in [2.45, 2.75) is 0 Å². The molecule has 0 spiro atoms. The van der Waals surface area contributed by atoms with Gasteiger partial charge in [0.05, 0.1) is 5.02 Å². The van der Waals surface area contributed by atoms with Crippen molar-refractivity contribution in [3.05, 3.63) is 34.9 Å². The van der Waals surface area contributed by atoms with Crippen LogP contribution in [0.1, 0.15) is 5.56 Å². The number of hydrogen-bond donors (Lipinski definition) is 1. The summed E-state index contributed by atoms with van der Waals surface area (Å²) in [5.74, 6) is 0.281. The SMILES string of the molecule is CO/N=C(\N)c1ccccc1Cl. The molecular weight excluding hydrogens is 176 g/mol. The first-order chi connectivity index (χ1) is 5.75. The zero-order valence-electron chi connectivity index (χ0n) is 6.62. The Hall–Kier alpha value is -1.22. The summed E-state index contributed by atoms with van der Waals surface area (Å²) in [5, 5.41) is 4.13. The Balaban J connectivity index is 3.02. The van der Waals surface area contributed by atoms with Gasteiger partial charge in [-0.25, -0.2) is 0 Å². The van der Waals surface area contributed by atoms with E-state index in [-0.39, 0.29) is 5.84 Å². The van der Waals surface area contributed by atoms with Crippen LogP contribution in [0.25, 0.3) is 0 Å². The summed E-state index contributed by atoms with van der Waals surface area (Å²) >= 11 is 5.84. The van der Waals surface area contributed by atoms with Gasteiger partial charge >= 0.3 is 0 Å². The van der Waals surface area contributed by atoms with Gasteiger partial charge in [0.1, 0.15) is 7.11 Å². The van der Waals surface area contributed by atoms with Gasteiger partial charge in [-0.1, -0.05) is 28.9 Å². The molecule has 0 amide bonds. The van der Waals surface area contributed by atoms with Gasteiger partial charge in [-0.3, -0.25) is 0 Å². The molecule has 0 aliphatic carbocycles. The Kier molecular flexibility index (Phi) is 2.94. The van der Waals surface area contributed by atoms with Crippen LogP contribution in [-0.2, 0) is 4.84 Å². The number of nitrogens with two attached hydrogens (primary N) is 1. The maximum absolute atomic E-state index is 5.84. The Morgan fingerprint density at radius 2 is 2.17 bits per heavy atom. The maximum atomic E-state index is 5.84. The monoisotopic (exact) mass is 184 g/mol. The molecule has 0 fully saturated rings. The predicted molar refractivity (Wildman–Crippen MR) is 49.2 cm³/mol. The van der Waals surface area contributed by atoms with Crippen LogP contribution in [0.5, 0.6) is 0 Å². The summed E-state index contributed by atoms with van der Waals surface area (Å²) < 4.78 is 0. The molecule has 0 saturated carbocycles. The molecule has 3 nitrogen and oxygen atoms in total. The van der Waals surface area contributed by atoms with Crippen LogP contribution in [0, 0.1) is 0 Å². The molecule has 1 aromatic rings. The van der Waals surface area contributed by atoms with Gasteiger partial charge in [0.15, 0.2) is 5.84 Å². The predicted octanol–water partition coefficient (Wildman–Crippen LogP) is 1.61. The number of rotatable bonds is 2. The van der Waals surface area contributed by atoms with Crippen LogP contribution in [0.4, 0.5) is 0 Å². The van der Waals surface area contributed by atoms with Crippen LogP contribution in [-0.4, -0.2) is 12.9 Å². The van der Waals surface area contributed by atoms with Crippen LogP contribution < -0.4 is 5.73 Å². The first-order valence-corrected chi connectivity index (χ1v) is 3.75. The van der Waals surface area contributed by atoms with Crippen LogP contribution >= 0.6 is 11.6 Å². The van der Waals surface area contributed by atoms with Crippen molar-refractivity contribution in [3.63, 3.8) is 0 Å². The van der Waals surface area contributed by atoms with Gasteiger partial charge in [-0.05, 0) is 12.1 Å². The first-order valence-electron chi connectivity index (χ1n) is 3.37. The molecule has 0 bridgehead atoms. The van der Waals surface area contributed by atoms with E-state index in [0.717, 1.165) is 0 Å². The lowest BCUT2D eigenvalue weighted by Gasteiger charge is -2.00. The van der Waals surface area contributed by atoms with E-state index < -0.39 is 0 Å². The lowest BCUT2D eigenvalue weighted by Crippen LogP contribution is -2.13. The van der Waals surface area contributed by atoms with Crippen molar-refractivity contribution in [2.24, 2.45) is 10.9 Å². The fourth-order valence-corrected chi connectivity index (χ4v) is 1.05. The zero-order chi connectivity index (χ0) is 8.97. The van der Waals surface area contributed by atoms with Gasteiger partial charge in [0.2, 0.25) is 0 Å². The normalized spacial score (nSPS) is 11.3. The third-order valence-electron chi connectivity index (χ3n) is 1.34. The quantitative estimate of drug-likeness (QED) is 0.431. The summed E-state index contributed by atoms with van der Waals surface area (Å²) in [6, 6.07) is 7.18. The fraction of sp³-hybridized carbons (Fsp3) is 0.125. The standard InChI is InChI=1S/C8H9ClN2O/c1-12-11-8(10)6-4-2-3-5-7(6)9/h2-5H,1H3,(H2,10,11). The second-order valence-corrected chi connectivity index (χ2v) is 2.55. The van der Waals surface area contributed by atoms with Crippen molar-refractivity contribution < 1.29 is 4.84 Å². The lowest BCUT2D eigenvalue weighted by molar-refractivity contribution is 0.213. The minimum absolute atomic E-state index is 0.281. The molecule has 2 N–H and O–H groups in total.